The fourth-order valence-electron chi connectivity index (χ4n) is 3.88. The lowest BCUT2D eigenvalue weighted by Gasteiger charge is -2.22. The van der Waals surface area contributed by atoms with Crippen molar-refractivity contribution in [2.75, 3.05) is 18.8 Å². The molecule has 3 aromatic rings. The van der Waals surface area contributed by atoms with E-state index in [4.69, 9.17) is 22.1 Å². The first-order valence-corrected chi connectivity index (χ1v) is 10.4. The highest BCUT2D eigenvalue weighted by Gasteiger charge is 2.20. The predicted octanol–water partition coefficient (Wildman–Crippen LogP) is 4.69. The van der Waals surface area contributed by atoms with Crippen molar-refractivity contribution in [2.45, 2.75) is 38.8 Å². The number of nitrogens with zero attached hydrogens (tertiary/aromatic N) is 3. The van der Waals surface area contributed by atoms with Crippen LogP contribution in [0.1, 0.15) is 43.0 Å². The summed E-state index contributed by atoms with van der Waals surface area (Å²) >= 11 is 6.19. The summed E-state index contributed by atoms with van der Waals surface area (Å²) in [6.45, 7) is 5.69. The molecule has 3 N–H and O–H groups in total. The van der Waals surface area contributed by atoms with Crippen molar-refractivity contribution >= 4 is 17.4 Å². The van der Waals surface area contributed by atoms with Gasteiger partial charge in [-0.05, 0) is 57.5 Å². The quantitative estimate of drug-likeness (QED) is 0.615. The van der Waals surface area contributed by atoms with Crippen molar-refractivity contribution in [2.24, 2.45) is 0 Å². The molecule has 1 atom stereocenters. The van der Waals surface area contributed by atoms with Gasteiger partial charge in [0.2, 0.25) is 0 Å². The smallest absolute Gasteiger partial charge is 0.166 e. The molecule has 1 fully saturated rings. The number of nitrogens with two attached hydrogens (primary N) is 1. The van der Waals surface area contributed by atoms with Gasteiger partial charge in [0.05, 0.1) is 17.3 Å². The molecule has 4 rings (SSSR count). The third-order valence-electron chi connectivity index (χ3n) is 5.56. The molecule has 0 radical (unpaired) electrons. The average molecular weight is 430 g/mol. The lowest BCUT2D eigenvalue weighted by Crippen LogP contribution is -2.29. The van der Waals surface area contributed by atoms with Crippen molar-refractivity contribution in [1.82, 2.24) is 20.1 Å². The van der Waals surface area contributed by atoms with Gasteiger partial charge in [-0.1, -0.05) is 17.7 Å². The Labute approximate surface area is 180 Å². The summed E-state index contributed by atoms with van der Waals surface area (Å²) in [5.41, 5.74) is 9.29. The SMILES string of the molecule is Cc1ccc(F)c(Cl)c1C(C)Oc1cc(-c2cnn(C3CCNCC3)c2)cnc1N. The number of aromatic nitrogens is 3. The third-order valence-corrected chi connectivity index (χ3v) is 5.94. The first-order chi connectivity index (χ1) is 14.4. The molecule has 158 valence electrons. The van der Waals surface area contributed by atoms with Gasteiger partial charge in [0.1, 0.15) is 11.9 Å². The minimum atomic E-state index is -0.495. The van der Waals surface area contributed by atoms with E-state index >= 15 is 0 Å². The molecule has 1 aromatic carbocycles. The summed E-state index contributed by atoms with van der Waals surface area (Å²) < 4.78 is 22.0. The molecule has 0 amide bonds. The maximum atomic E-state index is 13.9. The molecular weight excluding hydrogens is 405 g/mol. The number of ether oxygens (including phenoxy) is 1. The van der Waals surface area contributed by atoms with E-state index in [1.165, 1.54) is 6.07 Å². The molecule has 1 aliphatic rings. The maximum Gasteiger partial charge on any atom is 0.166 e. The van der Waals surface area contributed by atoms with Crippen LogP contribution >= 0.6 is 11.6 Å². The van der Waals surface area contributed by atoms with E-state index in [-0.39, 0.29) is 10.8 Å². The molecule has 0 bridgehead atoms. The van der Waals surface area contributed by atoms with Crippen molar-refractivity contribution in [1.29, 1.82) is 0 Å². The summed E-state index contributed by atoms with van der Waals surface area (Å²) in [5, 5.41) is 7.97. The van der Waals surface area contributed by atoms with Gasteiger partial charge in [0, 0.05) is 29.1 Å². The largest absolute Gasteiger partial charge is 0.482 e. The zero-order chi connectivity index (χ0) is 21.3. The van der Waals surface area contributed by atoms with E-state index in [9.17, 15) is 4.39 Å². The Balaban J connectivity index is 1.58. The van der Waals surface area contributed by atoms with Crippen LogP contribution in [0.15, 0.2) is 36.8 Å². The van der Waals surface area contributed by atoms with Crippen LogP contribution < -0.4 is 15.8 Å². The average Bonchev–Trinajstić information content (AvgIpc) is 3.24. The van der Waals surface area contributed by atoms with E-state index in [0.29, 0.717) is 17.4 Å². The second-order valence-electron chi connectivity index (χ2n) is 7.65. The van der Waals surface area contributed by atoms with Gasteiger partial charge >= 0.3 is 0 Å². The van der Waals surface area contributed by atoms with Crippen molar-refractivity contribution in [3.05, 3.63) is 58.8 Å². The summed E-state index contributed by atoms with van der Waals surface area (Å²) in [4.78, 5) is 4.29. The molecule has 30 heavy (non-hydrogen) atoms. The van der Waals surface area contributed by atoms with Gasteiger partial charge in [-0.3, -0.25) is 4.68 Å². The highest BCUT2D eigenvalue weighted by Crippen LogP contribution is 2.35. The van der Waals surface area contributed by atoms with E-state index in [2.05, 4.69) is 15.4 Å². The Hall–Kier alpha value is -2.64. The molecule has 8 heteroatoms. The summed E-state index contributed by atoms with van der Waals surface area (Å²) in [5.74, 6) is 0.216. The molecule has 6 nitrogen and oxygen atoms in total. The van der Waals surface area contributed by atoms with E-state index in [1.807, 2.05) is 37.0 Å². The van der Waals surface area contributed by atoms with Crippen LogP contribution in [0, 0.1) is 12.7 Å². The molecule has 3 heterocycles. The number of piperidine rings is 1. The van der Waals surface area contributed by atoms with Crippen LogP contribution in [0.3, 0.4) is 0 Å². The Morgan fingerprint density at radius 3 is 2.80 bits per heavy atom. The molecule has 1 unspecified atom stereocenters. The molecule has 0 saturated carbocycles. The fraction of sp³-hybridized carbons (Fsp3) is 0.364. The zero-order valence-electron chi connectivity index (χ0n) is 17.0. The van der Waals surface area contributed by atoms with Crippen molar-refractivity contribution in [3.63, 3.8) is 0 Å². The molecular formula is C22H25ClFN5O. The van der Waals surface area contributed by atoms with Gasteiger partial charge in [-0.2, -0.15) is 5.10 Å². The Kier molecular flexibility index (Phi) is 5.92. The lowest BCUT2D eigenvalue weighted by molar-refractivity contribution is 0.226. The van der Waals surface area contributed by atoms with Crippen LogP contribution in [0.2, 0.25) is 5.02 Å². The minimum Gasteiger partial charge on any atom is -0.482 e. The van der Waals surface area contributed by atoms with E-state index in [1.54, 1.807) is 12.3 Å². The number of anilines is 1. The van der Waals surface area contributed by atoms with Crippen molar-refractivity contribution in [3.8, 4) is 16.9 Å². The number of nitrogen functional groups attached to an aromatic ring is 1. The fourth-order valence-corrected chi connectivity index (χ4v) is 4.24. The molecule has 0 aliphatic carbocycles. The number of benzene rings is 1. The Bertz CT molecular complexity index is 1050. The second kappa shape index (κ2) is 8.62. The lowest BCUT2D eigenvalue weighted by atomic mass is 10.0. The molecule has 0 spiro atoms. The number of nitrogens with one attached hydrogen (secondary N) is 1. The van der Waals surface area contributed by atoms with Crippen LogP contribution in [-0.4, -0.2) is 27.9 Å². The normalized spacial score (nSPS) is 15.9. The van der Waals surface area contributed by atoms with Gasteiger partial charge in [-0.15, -0.1) is 0 Å². The van der Waals surface area contributed by atoms with Crippen LogP contribution in [-0.2, 0) is 0 Å². The number of rotatable bonds is 5. The van der Waals surface area contributed by atoms with Crippen LogP contribution in [0.5, 0.6) is 5.75 Å². The first-order valence-electron chi connectivity index (χ1n) is 10.1. The van der Waals surface area contributed by atoms with Crippen LogP contribution in [0.4, 0.5) is 10.2 Å². The summed E-state index contributed by atoms with van der Waals surface area (Å²) in [6, 6.07) is 5.27. The van der Waals surface area contributed by atoms with Crippen LogP contribution in [0.25, 0.3) is 11.1 Å². The van der Waals surface area contributed by atoms with Gasteiger partial charge < -0.3 is 15.8 Å². The van der Waals surface area contributed by atoms with Gasteiger partial charge in [0.25, 0.3) is 0 Å². The predicted molar refractivity (Wildman–Crippen MR) is 116 cm³/mol. The van der Waals surface area contributed by atoms with E-state index in [0.717, 1.165) is 42.6 Å². The molecule has 1 aliphatic heterocycles. The zero-order valence-corrected chi connectivity index (χ0v) is 17.8. The number of halogens is 2. The number of aryl methyl sites for hydroxylation is 1. The molecule has 1 saturated heterocycles. The highest BCUT2D eigenvalue weighted by atomic mass is 35.5. The van der Waals surface area contributed by atoms with Gasteiger partial charge in [0.15, 0.2) is 11.6 Å². The topological polar surface area (TPSA) is 78.0 Å². The number of pyridine rings is 1. The third kappa shape index (κ3) is 4.13. The second-order valence-corrected chi connectivity index (χ2v) is 8.03. The first kappa shape index (κ1) is 20.6. The monoisotopic (exact) mass is 429 g/mol. The number of hydrogen-bond donors (Lipinski definition) is 2. The summed E-state index contributed by atoms with van der Waals surface area (Å²) in [7, 11) is 0. The highest BCUT2D eigenvalue weighted by molar-refractivity contribution is 6.31. The number of hydrogen-bond acceptors (Lipinski definition) is 5. The molecule has 2 aromatic heterocycles. The minimum absolute atomic E-state index is 0.0634. The Morgan fingerprint density at radius 2 is 2.03 bits per heavy atom. The summed E-state index contributed by atoms with van der Waals surface area (Å²) in [6.07, 6.45) is 7.18. The Morgan fingerprint density at radius 1 is 1.27 bits per heavy atom. The standard InChI is InChI=1S/C22H25ClFN5O/c1-13-3-4-18(24)21(23)20(13)14(2)30-19-9-15(10-27-22(19)25)16-11-28-29(12-16)17-5-7-26-8-6-17/h3-4,9-12,14,17,26H,5-8H2,1-2H3,(H2,25,27). The van der Waals surface area contributed by atoms with Crippen molar-refractivity contribution < 1.29 is 9.13 Å². The van der Waals surface area contributed by atoms with Gasteiger partial charge in [-0.25, -0.2) is 9.37 Å². The maximum absolute atomic E-state index is 13.9. The van der Waals surface area contributed by atoms with E-state index < -0.39 is 11.9 Å².